The highest BCUT2D eigenvalue weighted by Gasteiger charge is 2.44. The number of anilines is 3. The van der Waals surface area contributed by atoms with Crippen molar-refractivity contribution in [2.75, 3.05) is 89.2 Å². The predicted molar refractivity (Wildman–Crippen MR) is 167 cm³/mol. The summed E-state index contributed by atoms with van der Waals surface area (Å²) >= 11 is 0. The van der Waals surface area contributed by atoms with Crippen molar-refractivity contribution in [1.82, 2.24) is 35.0 Å². The summed E-state index contributed by atoms with van der Waals surface area (Å²) in [6.07, 6.45) is -4.49. The summed E-state index contributed by atoms with van der Waals surface area (Å²) in [5.74, 6) is 0.453. The molecule has 0 spiro atoms. The number of nitrogens with zero attached hydrogens (tertiary/aromatic N) is 6. The summed E-state index contributed by atoms with van der Waals surface area (Å²) < 4.78 is 55.3. The van der Waals surface area contributed by atoms with E-state index in [4.69, 9.17) is 5.73 Å². The van der Waals surface area contributed by atoms with Crippen molar-refractivity contribution >= 4 is 23.9 Å². The molecule has 2 aliphatic rings. The van der Waals surface area contributed by atoms with E-state index in [-0.39, 0.29) is 11.6 Å². The van der Waals surface area contributed by atoms with Gasteiger partial charge >= 0.3 is 12.5 Å². The van der Waals surface area contributed by atoms with Crippen molar-refractivity contribution in [3.63, 3.8) is 0 Å². The van der Waals surface area contributed by atoms with Crippen LogP contribution in [0, 0.1) is 0 Å². The van der Waals surface area contributed by atoms with Gasteiger partial charge in [-0.1, -0.05) is 6.07 Å². The summed E-state index contributed by atoms with van der Waals surface area (Å²) in [7, 11) is 0. The van der Waals surface area contributed by atoms with Crippen LogP contribution in [0.3, 0.4) is 0 Å². The molecule has 2 aromatic heterocycles. The second kappa shape index (κ2) is 17.5. The fourth-order valence-corrected chi connectivity index (χ4v) is 4.75. The van der Waals surface area contributed by atoms with E-state index in [1.54, 1.807) is 17.2 Å². The number of carbonyl (C=O) groups is 1. The number of pyridine rings is 1. The number of piperazine rings is 2. The number of nitrogens with two attached hydrogens (primary N) is 1. The Morgan fingerprint density at radius 2 is 1.76 bits per heavy atom. The van der Waals surface area contributed by atoms with Gasteiger partial charge in [-0.3, -0.25) is 14.6 Å². The van der Waals surface area contributed by atoms with Gasteiger partial charge in [-0.05, 0) is 30.3 Å². The summed E-state index contributed by atoms with van der Waals surface area (Å²) in [5.41, 5.74) is 6.98. The van der Waals surface area contributed by atoms with Gasteiger partial charge in [-0.25, -0.2) is 15.0 Å². The number of rotatable bonds is 13. The number of benzene rings is 1. The molecule has 4 heterocycles. The molecule has 0 radical (unpaired) electrons. The van der Waals surface area contributed by atoms with Gasteiger partial charge in [0.15, 0.2) is 0 Å². The third kappa shape index (κ3) is 11.0. The Morgan fingerprint density at radius 1 is 1.00 bits per heavy atom. The zero-order chi connectivity index (χ0) is 32.8. The standard InChI is InChI=1S/C24H25F4N7O2.C6H15N3/c25-22(26)24(27,28)37-19-3-1-2-18(14-19)32-23-30-7-6-20(33-23)17-4-5-21(31-15-17)29-8-9-34-10-12-35(16-36)13-11-34;7-1-4-9-5-2-8-3-6-9/h1-7,14-16,22H,8-13H2,(H,29,31)(H,30,32,33);8H,1-7H2. The van der Waals surface area contributed by atoms with E-state index in [1.807, 2.05) is 12.1 Å². The van der Waals surface area contributed by atoms with E-state index in [0.29, 0.717) is 18.1 Å². The molecular weight excluding hydrogens is 608 g/mol. The summed E-state index contributed by atoms with van der Waals surface area (Å²) in [6, 6.07) is 10.6. The Morgan fingerprint density at radius 3 is 2.43 bits per heavy atom. The van der Waals surface area contributed by atoms with Gasteiger partial charge < -0.3 is 31.3 Å². The third-order valence-electron chi connectivity index (χ3n) is 7.26. The maximum atomic E-state index is 13.2. The van der Waals surface area contributed by atoms with E-state index in [1.165, 1.54) is 18.3 Å². The Kier molecular flexibility index (Phi) is 13.3. The average Bonchev–Trinajstić information content (AvgIpc) is 3.06. The number of hydrogen-bond acceptors (Lipinski definition) is 11. The fraction of sp³-hybridized carbons (Fsp3) is 0.467. The minimum Gasteiger partial charge on any atom is -0.428 e. The number of amides is 1. The predicted octanol–water partition coefficient (Wildman–Crippen LogP) is 2.56. The van der Waals surface area contributed by atoms with Gasteiger partial charge in [-0.2, -0.15) is 17.6 Å². The maximum Gasteiger partial charge on any atom is 0.461 e. The number of carbonyl (C=O) groups excluding carboxylic acids is 1. The molecule has 2 aliphatic heterocycles. The van der Waals surface area contributed by atoms with Crippen LogP contribution in [0.15, 0.2) is 54.9 Å². The molecule has 3 aromatic rings. The zero-order valence-corrected chi connectivity index (χ0v) is 25.4. The van der Waals surface area contributed by atoms with E-state index in [2.05, 4.69) is 45.4 Å². The van der Waals surface area contributed by atoms with Crippen LogP contribution >= 0.6 is 0 Å². The molecule has 1 amide bonds. The van der Waals surface area contributed by atoms with Crippen LogP contribution in [-0.4, -0.2) is 127 Å². The molecule has 5 N–H and O–H groups in total. The third-order valence-corrected chi connectivity index (χ3v) is 7.26. The quantitative estimate of drug-likeness (QED) is 0.161. The molecule has 0 atom stereocenters. The zero-order valence-electron chi connectivity index (χ0n) is 25.4. The SMILES string of the molecule is NCCN1CCNCC1.O=CN1CCN(CCNc2ccc(-c3ccnc(Nc4cccc(OC(F)(F)C(F)F)c4)n3)cn2)CC1. The van der Waals surface area contributed by atoms with Gasteiger partial charge in [0.25, 0.3) is 0 Å². The van der Waals surface area contributed by atoms with Gasteiger partial charge in [0, 0.05) is 108 Å². The van der Waals surface area contributed by atoms with Crippen LogP contribution in [-0.2, 0) is 4.79 Å². The molecule has 0 bridgehead atoms. The van der Waals surface area contributed by atoms with Gasteiger partial charge in [0.2, 0.25) is 12.4 Å². The number of hydrogen-bond donors (Lipinski definition) is 4. The monoisotopic (exact) mass is 648 g/mol. The maximum absolute atomic E-state index is 13.2. The van der Waals surface area contributed by atoms with Crippen LogP contribution in [0.4, 0.5) is 35.0 Å². The van der Waals surface area contributed by atoms with Crippen molar-refractivity contribution in [2.45, 2.75) is 12.5 Å². The number of nitrogens with one attached hydrogen (secondary N) is 3. The first-order valence-corrected chi connectivity index (χ1v) is 15.1. The highest BCUT2D eigenvalue weighted by molar-refractivity contribution is 5.63. The lowest BCUT2D eigenvalue weighted by Gasteiger charge is -2.32. The number of alkyl halides is 4. The Labute approximate surface area is 265 Å². The first kappa shape index (κ1) is 34.7. The van der Waals surface area contributed by atoms with Crippen LogP contribution < -0.4 is 26.4 Å². The van der Waals surface area contributed by atoms with Crippen LogP contribution in [0.1, 0.15) is 0 Å². The normalized spacial score (nSPS) is 16.0. The molecule has 5 rings (SSSR count). The fourth-order valence-electron chi connectivity index (χ4n) is 4.75. The molecule has 16 heteroatoms. The van der Waals surface area contributed by atoms with Crippen LogP contribution in [0.25, 0.3) is 11.3 Å². The van der Waals surface area contributed by atoms with E-state index in [0.717, 1.165) is 96.1 Å². The second-order valence-electron chi connectivity index (χ2n) is 10.6. The molecule has 1 aromatic carbocycles. The van der Waals surface area contributed by atoms with Gasteiger partial charge in [0.1, 0.15) is 11.6 Å². The second-order valence-corrected chi connectivity index (χ2v) is 10.6. The van der Waals surface area contributed by atoms with Crippen molar-refractivity contribution in [1.29, 1.82) is 0 Å². The molecule has 46 heavy (non-hydrogen) atoms. The molecule has 0 unspecified atom stereocenters. The number of aromatic nitrogens is 3. The van der Waals surface area contributed by atoms with Crippen molar-refractivity contribution in [2.24, 2.45) is 5.73 Å². The van der Waals surface area contributed by atoms with Crippen LogP contribution in [0.5, 0.6) is 5.75 Å². The molecule has 2 saturated heterocycles. The van der Waals surface area contributed by atoms with Crippen molar-refractivity contribution < 1.29 is 27.1 Å². The summed E-state index contributed by atoms with van der Waals surface area (Å²) in [4.78, 5) is 30.2. The van der Waals surface area contributed by atoms with Crippen molar-refractivity contribution in [3.05, 3.63) is 54.9 Å². The largest absolute Gasteiger partial charge is 0.461 e. The van der Waals surface area contributed by atoms with E-state index in [9.17, 15) is 22.4 Å². The van der Waals surface area contributed by atoms with Gasteiger partial charge in [0.05, 0.1) is 5.69 Å². The lowest BCUT2D eigenvalue weighted by molar-refractivity contribution is -0.253. The van der Waals surface area contributed by atoms with Crippen LogP contribution in [0.2, 0.25) is 0 Å². The Hall–Kier alpha value is -4.12. The van der Waals surface area contributed by atoms with E-state index < -0.39 is 18.3 Å². The molecule has 0 aliphatic carbocycles. The molecule has 0 saturated carbocycles. The highest BCUT2D eigenvalue weighted by atomic mass is 19.3. The number of halogens is 4. The molecule has 2 fully saturated rings. The molecular formula is C30H40F4N10O2. The number of ether oxygens (including phenoxy) is 1. The summed E-state index contributed by atoms with van der Waals surface area (Å²) in [6.45, 7) is 11.1. The lowest BCUT2D eigenvalue weighted by atomic mass is 10.2. The van der Waals surface area contributed by atoms with Gasteiger partial charge in [-0.15, -0.1) is 0 Å². The first-order chi connectivity index (χ1) is 22.3. The average molecular weight is 649 g/mol. The lowest BCUT2D eigenvalue weighted by Crippen LogP contribution is -2.46. The first-order valence-electron chi connectivity index (χ1n) is 15.1. The molecule has 250 valence electrons. The van der Waals surface area contributed by atoms with E-state index >= 15 is 0 Å². The smallest absolute Gasteiger partial charge is 0.428 e. The minimum absolute atomic E-state index is 0.173. The van der Waals surface area contributed by atoms with Crippen molar-refractivity contribution in [3.8, 4) is 17.0 Å². The summed E-state index contributed by atoms with van der Waals surface area (Å²) in [5, 5.41) is 9.42. The Balaban J connectivity index is 0.000000459. The topological polar surface area (TPSA) is 137 Å². The highest BCUT2D eigenvalue weighted by Crippen LogP contribution is 2.29. The minimum atomic E-state index is -4.60. The Bertz CT molecular complexity index is 1340. The molecule has 12 nitrogen and oxygen atoms in total.